The summed E-state index contributed by atoms with van der Waals surface area (Å²) >= 11 is 2.17. The zero-order valence-corrected chi connectivity index (χ0v) is 10.9. The molecule has 0 saturated carbocycles. The van der Waals surface area contributed by atoms with Crippen LogP contribution >= 0.6 is 11.8 Å². The van der Waals surface area contributed by atoms with Crippen molar-refractivity contribution < 1.29 is 0 Å². The maximum absolute atomic E-state index is 3.69. The molecule has 3 unspecified atom stereocenters. The van der Waals surface area contributed by atoms with E-state index in [1.807, 2.05) is 0 Å². The van der Waals surface area contributed by atoms with Gasteiger partial charge in [0.05, 0.1) is 0 Å². The summed E-state index contributed by atoms with van der Waals surface area (Å²) in [5.41, 5.74) is 0. The van der Waals surface area contributed by atoms with E-state index in [1.54, 1.807) is 0 Å². The topological polar surface area (TPSA) is 12.0 Å². The van der Waals surface area contributed by atoms with Crippen molar-refractivity contribution in [2.75, 3.05) is 12.3 Å². The van der Waals surface area contributed by atoms with Crippen molar-refractivity contribution in [3.8, 4) is 0 Å². The summed E-state index contributed by atoms with van der Waals surface area (Å²) in [6.45, 7) is 10.5. The first-order valence-corrected chi connectivity index (χ1v) is 7.00. The SMILES string of the molecule is CCNC(C(C)CC)C1(C)CCCS1. The average Bonchev–Trinajstić information content (AvgIpc) is 2.61. The number of hydrogen-bond acceptors (Lipinski definition) is 2. The van der Waals surface area contributed by atoms with Crippen molar-refractivity contribution in [1.82, 2.24) is 5.32 Å². The number of nitrogens with one attached hydrogen (secondary N) is 1. The molecular weight excluding hydrogens is 190 g/mol. The van der Waals surface area contributed by atoms with Crippen LogP contribution in [-0.4, -0.2) is 23.1 Å². The van der Waals surface area contributed by atoms with E-state index in [9.17, 15) is 0 Å². The van der Waals surface area contributed by atoms with Gasteiger partial charge in [-0.05, 0) is 38.0 Å². The molecule has 1 nitrogen and oxygen atoms in total. The Kier molecular flexibility index (Phi) is 4.78. The summed E-state index contributed by atoms with van der Waals surface area (Å²) in [5.74, 6) is 2.15. The molecule has 0 radical (unpaired) electrons. The van der Waals surface area contributed by atoms with Crippen LogP contribution in [0.3, 0.4) is 0 Å². The zero-order valence-electron chi connectivity index (χ0n) is 10.1. The third-order valence-corrected chi connectivity index (χ3v) is 5.15. The van der Waals surface area contributed by atoms with Crippen molar-refractivity contribution in [2.45, 2.75) is 57.7 Å². The molecule has 0 aromatic carbocycles. The van der Waals surface area contributed by atoms with Crippen molar-refractivity contribution in [3.63, 3.8) is 0 Å². The van der Waals surface area contributed by atoms with Gasteiger partial charge in [-0.15, -0.1) is 0 Å². The van der Waals surface area contributed by atoms with Crippen LogP contribution in [0.5, 0.6) is 0 Å². The molecule has 1 aliphatic rings. The molecule has 1 rings (SSSR count). The second kappa shape index (κ2) is 5.41. The molecule has 3 atom stereocenters. The second-order valence-corrected chi connectivity index (χ2v) is 6.32. The highest BCUT2D eigenvalue weighted by Crippen LogP contribution is 2.42. The lowest BCUT2D eigenvalue weighted by Crippen LogP contribution is -2.49. The van der Waals surface area contributed by atoms with Crippen molar-refractivity contribution in [2.24, 2.45) is 5.92 Å². The fraction of sp³-hybridized carbons (Fsp3) is 1.00. The van der Waals surface area contributed by atoms with Crippen molar-refractivity contribution in [1.29, 1.82) is 0 Å². The van der Waals surface area contributed by atoms with Gasteiger partial charge in [0.15, 0.2) is 0 Å². The van der Waals surface area contributed by atoms with Crippen LogP contribution in [0.25, 0.3) is 0 Å². The first kappa shape index (κ1) is 12.4. The van der Waals surface area contributed by atoms with E-state index < -0.39 is 0 Å². The second-order valence-electron chi connectivity index (χ2n) is 4.69. The lowest BCUT2D eigenvalue weighted by molar-refractivity contribution is 0.303. The van der Waals surface area contributed by atoms with Crippen LogP contribution in [0, 0.1) is 5.92 Å². The molecule has 14 heavy (non-hydrogen) atoms. The molecule has 84 valence electrons. The van der Waals surface area contributed by atoms with Crippen molar-refractivity contribution in [3.05, 3.63) is 0 Å². The lowest BCUT2D eigenvalue weighted by atomic mass is 9.85. The zero-order chi connectivity index (χ0) is 10.6. The standard InChI is InChI=1S/C12H25NS/c1-5-10(3)11(13-6-2)12(4)8-7-9-14-12/h10-11,13H,5-9H2,1-4H3. The summed E-state index contributed by atoms with van der Waals surface area (Å²) in [6.07, 6.45) is 4.08. The van der Waals surface area contributed by atoms with Crippen LogP contribution < -0.4 is 5.32 Å². The van der Waals surface area contributed by atoms with Gasteiger partial charge in [0.2, 0.25) is 0 Å². The van der Waals surface area contributed by atoms with E-state index in [0.29, 0.717) is 10.8 Å². The smallest absolute Gasteiger partial charge is 0.0287 e. The van der Waals surface area contributed by atoms with Crippen LogP contribution in [0.15, 0.2) is 0 Å². The first-order chi connectivity index (χ1) is 6.64. The maximum Gasteiger partial charge on any atom is 0.0287 e. The van der Waals surface area contributed by atoms with Crippen LogP contribution in [0.2, 0.25) is 0 Å². The summed E-state index contributed by atoms with van der Waals surface area (Å²) in [4.78, 5) is 0. The summed E-state index contributed by atoms with van der Waals surface area (Å²) in [7, 11) is 0. The van der Waals surface area contributed by atoms with Crippen LogP contribution in [-0.2, 0) is 0 Å². The Morgan fingerprint density at radius 3 is 2.57 bits per heavy atom. The molecule has 1 aliphatic heterocycles. The minimum Gasteiger partial charge on any atom is -0.313 e. The number of hydrogen-bond donors (Lipinski definition) is 1. The van der Waals surface area contributed by atoms with E-state index in [0.717, 1.165) is 12.5 Å². The van der Waals surface area contributed by atoms with Crippen LogP contribution in [0.4, 0.5) is 0 Å². The molecule has 1 fully saturated rings. The minimum absolute atomic E-state index is 0.492. The Labute approximate surface area is 93.4 Å². The Morgan fingerprint density at radius 1 is 1.43 bits per heavy atom. The molecule has 0 amide bonds. The van der Waals surface area contributed by atoms with Gasteiger partial charge < -0.3 is 5.32 Å². The minimum atomic E-state index is 0.492. The fourth-order valence-corrected chi connectivity index (χ4v) is 4.06. The Bertz CT molecular complexity index is 164. The molecule has 0 aromatic heterocycles. The largest absolute Gasteiger partial charge is 0.313 e. The van der Waals surface area contributed by atoms with E-state index in [4.69, 9.17) is 0 Å². The average molecular weight is 215 g/mol. The molecule has 2 heteroatoms. The number of thioether (sulfide) groups is 1. The lowest BCUT2D eigenvalue weighted by Gasteiger charge is -2.38. The van der Waals surface area contributed by atoms with E-state index in [-0.39, 0.29) is 0 Å². The third-order valence-electron chi connectivity index (χ3n) is 3.54. The van der Waals surface area contributed by atoms with Gasteiger partial charge in [-0.2, -0.15) is 11.8 Å². The van der Waals surface area contributed by atoms with E-state index >= 15 is 0 Å². The van der Waals surface area contributed by atoms with Gasteiger partial charge in [0.25, 0.3) is 0 Å². The summed E-state index contributed by atoms with van der Waals surface area (Å²) in [5, 5.41) is 3.69. The predicted molar refractivity (Wildman–Crippen MR) is 67.0 cm³/mol. The normalized spacial score (nSPS) is 31.7. The van der Waals surface area contributed by atoms with Gasteiger partial charge in [0, 0.05) is 10.8 Å². The highest BCUT2D eigenvalue weighted by atomic mass is 32.2. The maximum atomic E-state index is 3.69. The summed E-state index contributed by atoms with van der Waals surface area (Å²) < 4.78 is 0.492. The van der Waals surface area contributed by atoms with Gasteiger partial charge in [0.1, 0.15) is 0 Å². The van der Waals surface area contributed by atoms with Crippen LogP contribution in [0.1, 0.15) is 47.0 Å². The van der Waals surface area contributed by atoms with Crippen molar-refractivity contribution >= 4 is 11.8 Å². The fourth-order valence-electron chi connectivity index (χ4n) is 2.52. The van der Waals surface area contributed by atoms with Gasteiger partial charge in [-0.1, -0.05) is 27.2 Å². The summed E-state index contributed by atoms with van der Waals surface area (Å²) in [6, 6.07) is 0.699. The Morgan fingerprint density at radius 2 is 2.14 bits per heavy atom. The third kappa shape index (κ3) is 2.66. The first-order valence-electron chi connectivity index (χ1n) is 6.01. The monoisotopic (exact) mass is 215 g/mol. The molecule has 1 heterocycles. The highest BCUT2D eigenvalue weighted by molar-refractivity contribution is 8.00. The molecule has 0 aromatic rings. The molecular formula is C12H25NS. The molecule has 0 spiro atoms. The Balaban J connectivity index is 2.64. The highest BCUT2D eigenvalue weighted by Gasteiger charge is 2.39. The predicted octanol–water partition coefficient (Wildman–Crippen LogP) is 3.30. The Hall–Kier alpha value is 0.310. The molecule has 1 saturated heterocycles. The quantitative estimate of drug-likeness (QED) is 0.755. The number of rotatable bonds is 5. The van der Waals surface area contributed by atoms with Gasteiger partial charge >= 0.3 is 0 Å². The molecule has 1 N–H and O–H groups in total. The molecule has 0 aliphatic carbocycles. The van der Waals surface area contributed by atoms with Gasteiger partial charge in [-0.3, -0.25) is 0 Å². The van der Waals surface area contributed by atoms with E-state index in [2.05, 4.69) is 44.8 Å². The van der Waals surface area contributed by atoms with Gasteiger partial charge in [-0.25, -0.2) is 0 Å². The van der Waals surface area contributed by atoms with E-state index in [1.165, 1.54) is 25.0 Å². The molecule has 0 bridgehead atoms.